The van der Waals surface area contributed by atoms with Gasteiger partial charge in [-0.1, -0.05) is 85.9 Å². The van der Waals surface area contributed by atoms with Gasteiger partial charge in [0.2, 0.25) is 6.71 Å². The Labute approximate surface area is 291 Å². The van der Waals surface area contributed by atoms with E-state index >= 15 is 0 Å². The summed E-state index contributed by atoms with van der Waals surface area (Å²) in [4.78, 5) is 9.15. The van der Waals surface area contributed by atoms with Gasteiger partial charge >= 0.3 is 0 Å². The molecule has 2 aromatic heterocycles. The van der Waals surface area contributed by atoms with Crippen LogP contribution in [-0.2, 0) is 20.1 Å². The van der Waals surface area contributed by atoms with Crippen LogP contribution in [0.1, 0.15) is 47.6 Å². The smallest absolute Gasteiger partial charge is 0.239 e. The Morgan fingerprint density at radius 3 is 1.98 bits per heavy atom. The second-order valence-corrected chi connectivity index (χ2v) is 12.5. The van der Waals surface area contributed by atoms with Gasteiger partial charge in [-0.15, -0.1) is 47.5 Å². The van der Waals surface area contributed by atoms with Crippen LogP contribution in [0.4, 0.5) is 0 Å². The number of para-hydroxylation sites is 2. The monoisotopic (exact) mass is 791 g/mol. The number of aryl methyl sites for hydroxylation is 4. The first-order valence-corrected chi connectivity index (χ1v) is 15.8. The summed E-state index contributed by atoms with van der Waals surface area (Å²) in [5.41, 5.74) is 13.4. The topological polar surface area (TPSA) is 44.2 Å². The summed E-state index contributed by atoms with van der Waals surface area (Å²) in [6.45, 7) is 12.8. The molecule has 6 heteroatoms. The summed E-state index contributed by atoms with van der Waals surface area (Å²) in [7, 11) is 0. The van der Waals surface area contributed by atoms with Crippen molar-refractivity contribution in [3.8, 4) is 45.5 Å². The van der Waals surface area contributed by atoms with Gasteiger partial charge in [-0.2, -0.15) is 0 Å². The Morgan fingerprint density at radius 1 is 0.660 bits per heavy atom. The molecule has 2 aliphatic heterocycles. The molecule has 4 aromatic carbocycles. The molecule has 4 nitrogen and oxygen atoms in total. The second-order valence-electron chi connectivity index (χ2n) is 12.5. The van der Waals surface area contributed by atoms with Crippen LogP contribution >= 0.6 is 0 Å². The third kappa shape index (κ3) is 6.16. The van der Waals surface area contributed by atoms with E-state index in [0.29, 0.717) is 5.92 Å². The van der Waals surface area contributed by atoms with Crippen molar-refractivity contribution in [2.75, 3.05) is 0 Å². The number of ether oxygens (including phenoxy) is 2. The van der Waals surface area contributed by atoms with Crippen molar-refractivity contribution >= 4 is 23.1 Å². The van der Waals surface area contributed by atoms with Gasteiger partial charge in [0.15, 0.2) is 0 Å². The molecule has 0 amide bonds. The molecular weight excluding hydrogens is 755 g/mol. The minimum absolute atomic E-state index is 0. The second kappa shape index (κ2) is 13.3. The van der Waals surface area contributed by atoms with Gasteiger partial charge in [-0.05, 0) is 77.8 Å². The Bertz CT molecular complexity index is 2080. The molecule has 0 bridgehead atoms. The number of pyridine rings is 2. The fraction of sp³-hybridized carbons (Fsp3) is 0.171. The molecule has 0 spiro atoms. The van der Waals surface area contributed by atoms with Crippen molar-refractivity contribution in [2.24, 2.45) is 0 Å². The fourth-order valence-electron chi connectivity index (χ4n) is 6.24. The Balaban J connectivity index is 0.000000204. The van der Waals surface area contributed by atoms with E-state index in [1.54, 1.807) is 0 Å². The van der Waals surface area contributed by atoms with E-state index < -0.39 is 0 Å². The van der Waals surface area contributed by atoms with Gasteiger partial charge in [-0.25, -0.2) is 0 Å². The van der Waals surface area contributed by atoms with Gasteiger partial charge in [0.05, 0.1) is 0 Å². The van der Waals surface area contributed by atoms with E-state index in [-0.39, 0.29) is 26.8 Å². The summed E-state index contributed by atoms with van der Waals surface area (Å²) in [5, 5.41) is 0. The first kappa shape index (κ1) is 32.4. The van der Waals surface area contributed by atoms with E-state index in [1.165, 1.54) is 27.8 Å². The SMILES string of the molecule is Cc1c[c-]c(-c2cc(C)c(C)cn2)cc1.Cc1cnc(-c2[c-]cc3c4c2Oc2ccccc2B4c2ccccc2O3)cc1C(C)C.[Ir]. The minimum atomic E-state index is 0. The molecule has 235 valence electrons. The number of fused-ring (bicyclic) bond motifs is 4. The van der Waals surface area contributed by atoms with Crippen molar-refractivity contribution in [3.63, 3.8) is 0 Å². The third-order valence-corrected chi connectivity index (χ3v) is 8.91. The average molecular weight is 791 g/mol. The van der Waals surface area contributed by atoms with Crippen LogP contribution in [0.25, 0.3) is 22.5 Å². The summed E-state index contributed by atoms with van der Waals surface area (Å²) < 4.78 is 12.8. The normalized spacial score (nSPS) is 11.9. The van der Waals surface area contributed by atoms with Crippen molar-refractivity contribution in [1.82, 2.24) is 9.97 Å². The molecule has 6 aromatic rings. The molecule has 47 heavy (non-hydrogen) atoms. The van der Waals surface area contributed by atoms with Crippen LogP contribution in [0.5, 0.6) is 23.0 Å². The maximum Gasteiger partial charge on any atom is 0.239 e. The minimum Gasteiger partial charge on any atom is -0.503 e. The molecule has 8 rings (SSSR count). The standard InChI is InChI=1S/C27H21BNO2.C14H14N.Ir/c1-16(2)19-14-22(29-15-17(19)3)18-12-13-25-26-27(18)31-24-11-7-5-9-21(24)28(26)20-8-4-6-10-23(20)30-25;1-10-4-6-13(7-5-10)14-8-11(2)12(3)9-15-14;/h4-11,13-16H,1-3H3;4-6,8-9H,1-3H3;/q2*-1;. The Kier molecular flexibility index (Phi) is 9.19. The first-order valence-electron chi connectivity index (χ1n) is 15.8. The molecule has 1 radical (unpaired) electrons. The summed E-state index contributed by atoms with van der Waals surface area (Å²) in [6, 6.07) is 35.5. The molecule has 0 atom stereocenters. The number of nitrogens with zero attached hydrogens (tertiary/aromatic N) is 2. The van der Waals surface area contributed by atoms with Crippen molar-refractivity contribution in [2.45, 2.75) is 47.5 Å². The van der Waals surface area contributed by atoms with Gasteiger partial charge in [0.1, 0.15) is 11.5 Å². The van der Waals surface area contributed by atoms with Gasteiger partial charge < -0.3 is 19.4 Å². The summed E-state index contributed by atoms with van der Waals surface area (Å²) in [5.74, 6) is 3.77. The summed E-state index contributed by atoms with van der Waals surface area (Å²) in [6.07, 6.45) is 3.86. The molecule has 0 saturated carbocycles. The van der Waals surface area contributed by atoms with E-state index in [2.05, 4.69) is 107 Å². The predicted octanol–water partition coefficient (Wildman–Crippen LogP) is 8.18. The van der Waals surface area contributed by atoms with E-state index in [1.807, 2.05) is 48.8 Å². The first-order chi connectivity index (χ1) is 22.3. The van der Waals surface area contributed by atoms with Gasteiger partial charge in [-0.3, -0.25) is 0 Å². The molecule has 0 unspecified atom stereocenters. The van der Waals surface area contributed by atoms with E-state index in [0.717, 1.165) is 61.9 Å². The van der Waals surface area contributed by atoms with Crippen LogP contribution < -0.4 is 25.9 Å². The van der Waals surface area contributed by atoms with E-state index in [9.17, 15) is 0 Å². The Hall–Kier alpha value is -4.51. The van der Waals surface area contributed by atoms with Crippen molar-refractivity contribution in [3.05, 3.63) is 137 Å². The predicted molar refractivity (Wildman–Crippen MR) is 188 cm³/mol. The molecular formula is C41H35BIrN2O2-2. The maximum atomic E-state index is 6.50. The maximum absolute atomic E-state index is 6.50. The van der Waals surface area contributed by atoms with Crippen LogP contribution in [-0.4, -0.2) is 16.7 Å². The van der Waals surface area contributed by atoms with E-state index in [4.69, 9.17) is 14.5 Å². The molecule has 0 fully saturated rings. The number of hydrogen-bond acceptors (Lipinski definition) is 4. The quantitative estimate of drug-likeness (QED) is 0.134. The van der Waals surface area contributed by atoms with Crippen LogP contribution in [0.3, 0.4) is 0 Å². The molecule has 0 saturated heterocycles. The van der Waals surface area contributed by atoms with Crippen LogP contribution in [0.15, 0.2) is 97.3 Å². The zero-order valence-corrected chi connectivity index (χ0v) is 29.8. The van der Waals surface area contributed by atoms with Crippen molar-refractivity contribution in [1.29, 1.82) is 0 Å². The van der Waals surface area contributed by atoms with Gasteiger partial charge in [0, 0.05) is 44.0 Å². The summed E-state index contributed by atoms with van der Waals surface area (Å²) >= 11 is 0. The number of aromatic nitrogens is 2. The molecule has 2 aliphatic rings. The molecule has 4 heterocycles. The average Bonchev–Trinajstić information content (AvgIpc) is 3.07. The van der Waals surface area contributed by atoms with Crippen LogP contribution in [0, 0.1) is 39.8 Å². The number of rotatable bonds is 3. The zero-order valence-electron chi connectivity index (χ0n) is 27.4. The van der Waals surface area contributed by atoms with Gasteiger partial charge in [0.25, 0.3) is 0 Å². The van der Waals surface area contributed by atoms with Crippen LogP contribution in [0.2, 0.25) is 0 Å². The van der Waals surface area contributed by atoms with Crippen molar-refractivity contribution < 1.29 is 29.6 Å². The number of benzene rings is 4. The Morgan fingerprint density at radius 2 is 1.32 bits per heavy atom. The largest absolute Gasteiger partial charge is 0.503 e. The fourth-order valence-corrected chi connectivity index (χ4v) is 6.24. The molecule has 0 aliphatic carbocycles. The zero-order chi connectivity index (χ0) is 31.9. The molecule has 0 N–H and O–H groups in total. The third-order valence-electron chi connectivity index (χ3n) is 8.91. The number of hydrogen-bond donors (Lipinski definition) is 0.